The molecule has 4 saturated carbocycles. The molecule has 1 aromatic rings. The highest BCUT2D eigenvalue weighted by atomic mass is 16.5. The molecule has 0 spiro atoms. The first-order valence-electron chi connectivity index (χ1n) is 16.3. The normalized spacial score (nSPS) is 40.1. The molecule has 1 aliphatic heterocycles. The van der Waals surface area contributed by atoms with Gasteiger partial charge >= 0.3 is 0 Å². The minimum Gasteiger partial charge on any atom is -0.481 e. The van der Waals surface area contributed by atoms with Crippen LogP contribution in [0, 0.1) is 46.3 Å². The fraction of sp³-hybridized carbons (Fsp3) is 0.848. The molecular formula is C33H52N4O3. The fourth-order valence-electron chi connectivity index (χ4n) is 10.7. The highest BCUT2D eigenvalue weighted by molar-refractivity contribution is 5.76. The quantitative estimate of drug-likeness (QED) is 0.497. The molecule has 7 heteroatoms. The minimum atomic E-state index is -0.0608. The first kappa shape index (κ1) is 28.2. The third kappa shape index (κ3) is 4.92. The van der Waals surface area contributed by atoms with E-state index >= 15 is 0 Å². The summed E-state index contributed by atoms with van der Waals surface area (Å²) in [4.78, 5) is 26.0. The number of hydrogen-bond acceptors (Lipinski definition) is 6. The first-order valence-corrected chi connectivity index (χ1v) is 16.3. The monoisotopic (exact) mass is 552 g/mol. The van der Waals surface area contributed by atoms with Crippen molar-refractivity contribution in [1.82, 2.24) is 14.9 Å². The van der Waals surface area contributed by atoms with Crippen molar-refractivity contribution in [2.24, 2.45) is 46.3 Å². The number of hydrogen-bond donors (Lipinski definition) is 1. The van der Waals surface area contributed by atoms with E-state index in [1.54, 1.807) is 13.4 Å². The molecule has 1 aromatic heterocycles. The number of ether oxygens (including phenoxy) is 1. The van der Waals surface area contributed by atoms with E-state index in [2.05, 4.69) is 40.5 Å². The predicted octanol–water partition coefficient (Wildman–Crippen LogP) is 5.57. The molecule has 0 radical (unpaired) electrons. The van der Waals surface area contributed by atoms with Gasteiger partial charge in [0.1, 0.15) is 12.1 Å². The van der Waals surface area contributed by atoms with Gasteiger partial charge in [-0.1, -0.05) is 20.8 Å². The van der Waals surface area contributed by atoms with Gasteiger partial charge in [0, 0.05) is 38.7 Å². The van der Waals surface area contributed by atoms with Crippen LogP contribution in [-0.4, -0.2) is 65.3 Å². The van der Waals surface area contributed by atoms with Crippen molar-refractivity contribution in [3.05, 3.63) is 12.4 Å². The SMILES string of the molecule is COc1cc(N2CCN(C(=O)CC[C@@H](C)[C@H]3CC[C@H]4[C@@H]5CC[C@H]6C[C@@H](O)CC[C@]6(C)[C@H]5CC[C@]34C)CC2)ncn1. The number of fused-ring (bicyclic) bond motifs is 5. The van der Waals surface area contributed by atoms with E-state index in [9.17, 15) is 9.90 Å². The van der Waals surface area contributed by atoms with Gasteiger partial charge in [0.15, 0.2) is 0 Å². The third-order valence-corrected chi connectivity index (χ3v) is 13.0. The molecule has 9 atom stereocenters. The van der Waals surface area contributed by atoms with E-state index in [0.29, 0.717) is 35.0 Å². The van der Waals surface area contributed by atoms with Crippen LogP contribution in [0.4, 0.5) is 5.82 Å². The van der Waals surface area contributed by atoms with Crippen LogP contribution in [0.1, 0.15) is 91.4 Å². The largest absolute Gasteiger partial charge is 0.481 e. The second-order valence-electron chi connectivity index (χ2n) is 14.6. The van der Waals surface area contributed by atoms with Crippen LogP contribution in [0.5, 0.6) is 5.88 Å². The van der Waals surface area contributed by atoms with Crippen LogP contribution < -0.4 is 9.64 Å². The van der Waals surface area contributed by atoms with Crippen molar-refractivity contribution in [3.8, 4) is 5.88 Å². The van der Waals surface area contributed by atoms with Gasteiger partial charge in [0.2, 0.25) is 11.8 Å². The van der Waals surface area contributed by atoms with Gasteiger partial charge in [-0.25, -0.2) is 9.97 Å². The number of aliphatic hydroxyl groups is 1. The van der Waals surface area contributed by atoms with Crippen molar-refractivity contribution in [3.63, 3.8) is 0 Å². The van der Waals surface area contributed by atoms with Gasteiger partial charge in [-0.2, -0.15) is 0 Å². The number of amides is 1. The Morgan fingerprint density at radius 1 is 1.02 bits per heavy atom. The summed E-state index contributed by atoms with van der Waals surface area (Å²) in [5, 5.41) is 10.4. The lowest BCUT2D eigenvalue weighted by atomic mass is 9.44. The van der Waals surface area contributed by atoms with Crippen LogP contribution in [0.15, 0.2) is 12.4 Å². The zero-order chi connectivity index (χ0) is 28.1. The molecule has 40 heavy (non-hydrogen) atoms. The topological polar surface area (TPSA) is 78.8 Å². The average Bonchev–Trinajstić information content (AvgIpc) is 3.33. The Kier molecular flexibility index (Phi) is 7.82. The maximum atomic E-state index is 13.2. The molecule has 0 bridgehead atoms. The Bertz CT molecular complexity index is 1060. The van der Waals surface area contributed by atoms with E-state index in [1.807, 2.05) is 6.07 Å². The van der Waals surface area contributed by atoms with Crippen LogP contribution in [0.25, 0.3) is 0 Å². The first-order chi connectivity index (χ1) is 19.2. The lowest BCUT2D eigenvalue weighted by molar-refractivity contribution is -0.133. The highest BCUT2D eigenvalue weighted by Gasteiger charge is 2.60. The Hall–Kier alpha value is -1.89. The summed E-state index contributed by atoms with van der Waals surface area (Å²) in [7, 11) is 1.62. The summed E-state index contributed by atoms with van der Waals surface area (Å²) in [6.07, 6.45) is 14.6. The molecule has 0 aromatic carbocycles. The molecule has 0 unspecified atom stereocenters. The Morgan fingerprint density at radius 2 is 1.77 bits per heavy atom. The van der Waals surface area contributed by atoms with E-state index in [1.165, 1.54) is 44.9 Å². The Balaban J connectivity index is 1.02. The van der Waals surface area contributed by atoms with Crippen molar-refractivity contribution in [2.45, 2.75) is 97.5 Å². The summed E-state index contributed by atoms with van der Waals surface area (Å²) in [6.45, 7) is 10.8. The van der Waals surface area contributed by atoms with Gasteiger partial charge in [0.25, 0.3) is 0 Å². The number of methoxy groups -OCH3 is 1. The number of nitrogens with zero attached hydrogens (tertiary/aromatic N) is 4. The molecule has 6 rings (SSSR count). The standard InChI is InChI=1S/C33H52N4O3/c1-22(5-10-31(39)37-17-15-36(16-18-37)29-20-30(40-4)35-21-34-29)26-8-9-27-25-7-6-23-19-24(38)11-13-32(23,2)28(25)12-14-33(26,27)3/h20-28,38H,5-19H2,1-4H3/t22-,23+,24+,25+,26-,27+,28+,32+,33-/m1/s1. The molecular weight excluding hydrogens is 500 g/mol. The number of rotatable bonds is 6. The van der Waals surface area contributed by atoms with Gasteiger partial charge in [-0.05, 0) is 111 Å². The van der Waals surface area contributed by atoms with Gasteiger partial charge in [-0.15, -0.1) is 0 Å². The number of carbonyl (C=O) groups excluding carboxylic acids is 1. The van der Waals surface area contributed by atoms with Crippen LogP contribution in [0.3, 0.4) is 0 Å². The Morgan fingerprint density at radius 3 is 2.55 bits per heavy atom. The summed E-state index contributed by atoms with van der Waals surface area (Å²) < 4.78 is 5.25. The van der Waals surface area contributed by atoms with Crippen LogP contribution in [0.2, 0.25) is 0 Å². The van der Waals surface area contributed by atoms with E-state index in [0.717, 1.165) is 80.8 Å². The smallest absolute Gasteiger partial charge is 0.222 e. The number of aromatic nitrogens is 2. The van der Waals surface area contributed by atoms with Gasteiger partial charge in [-0.3, -0.25) is 4.79 Å². The number of anilines is 1. The van der Waals surface area contributed by atoms with E-state index < -0.39 is 0 Å². The van der Waals surface area contributed by atoms with Crippen molar-refractivity contribution >= 4 is 11.7 Å². The van der Waals surface area contributed by atoms with E-state index in [-0.39, 0.29) is 6.10 Å². The van der Waals surface area contributed by atoms with Crippen molar-refractivity contribution in [1.29, 1.82) is 0 Å². The molecule has 2 heterocycles. The zero-order valence-electron chi connectivity index (χ0n) is 25.4. The molecule has 4 aliphatic carbocycles. The zero-order valence-corrected chi connectivity index (χ0v) is 25.4. The second kappa shape index (κ2) is 11.1. The molecule has 1 amide bonds. The molecule has 1 N–H and O–H groups in total. The number of carbonyl (C=O) groups is 1. The van der Waals surface area contributed by atoms with Crippen molar-refractivity contribution in [2.75, 3.05) is 38.2 Å². The Labute approximate surface area is 241 Å². The van der Waals surface area contributed by atoms with E-state index in [4.69, 9.17) is 4.74 Å². The lowest BCUT2D eigenvalue weighted by Gasteiger charge is -2.61. The summed E-state index contributed by atoms with van der Waals surface area (Å²) in [5.41, 5.74) is 0.883. The predicted molar refractivity (Wildman–Crippen MR) is 157 cm³/mol. The second-order valence-corrected chi connectivity index (χ2v) is 14.6. The minimum absolute atomic E-state index is 0.0608. The number of aliphatic hydroxyl groups excluding tert-OH is 1. The number of piperazine rings is 1. The van der Waals surface area contributed by atoms with Gasteiger partial charge < -0.3 is 19.6 Å². The maximum Gasteiger partial charge on any atom is 0.222 e. The third-order valence-electron chi connectivity index (χ3n) is 13.0. The summed E-state index contributed by atoms with van der Waals surface area (Å²) in [5.74, 6) is 6.42. The molecule has 1 saturated heterocycles. The highest BCUT2D eigenvalue weighted by Crippen LogP contribution is 2.68. The van der Waals surface area contributed by atoms with Crippen LogP contribution in [-0.2, 0) is 4.79 Å². The van der Waals surface area contributed by atoms with Gasteiger partial charge in [0.05, 0.1) is 13.2 Å². The fourth-order valence-corrected chi connectivity index (χ4v) is 10.7. The van der Waals surface area contributed by atoms with Crippen LogP contribution >= 0.6 is 0 Å². The molecule has 5 fully saturated rings. The molecule has 5 aliphatic rings. The summed E-state index contributed by atoms with van der Waals surface area (Å²) in [6, 6.07) is 1.87. The van der Waals surface area contributed by atoms with Crippen molar-refractivity contribution < 1.29 is 14.6 Å². The lowest BCUT2D eigenvalue weighted by Crippen LogP contribution is -2.54. The average molecular weight is 553 g/mol. The maximum absolute atomic E-state index is 13.2. The molecule has 222 valence electrons. The molecule has 7 nitrogen and oxygen atoms in total. The summed E-state index contributed by atoms with van der Waals surface area (Å²) >= 11 is 0.